The first-order valence-electron chi connectivity index (χ1n) is 6.96. The standard InChI is InChI=1S/C15H18F3N3/c1-10-3-2-6-21(14(10)9-20)12-5-4-11(8-19)13(7-12)15(16,17)18/h4-5,7,10,14H,2-3,6,9,20H2,1H3. The van der Waals surface area contributed by atoms with Crippen LogP contribution in [0, 0.1) is 17.2 Å². The fraction of sp³-hybridized carbons (Fsp3) is 0.533. The molecular formula is C15H18F3N3. The van der Waals surface area contributed by atoms with Crippen molar-refractivity contribution in [3.05, 3.63) is 29.3 Å². The number of nitriles is 1. The highest BCUT2D eigenvalue weighted by Gasteiger charge is 2.35. The van der Waals surface area contributed by atoms with Crippen molar-refractivity contribution >= 4 is 5.69 Å². The van der Waals surface area contributed by atoms with E-state index >= 15 is 0 Å². The number of nitrogens with two attached hydrogens (primary N) is 1. The molecule has 3 nitrogen and oxygen atoms in total. The minimum atomic E-state index is -4.53. The van der Waals surface area contributed by atoms with Gasteiger partial charge < -0.3 is 10.6 Å². The van der Waals surface area contributed by atoms with E-state index in [4.69, 9.17) is 11.0 Å². The maximum Gasteiger partial charge on any atom is 0.417 e. The van der Waals surface area contributed by atoms with Crippen LogP contribution in [-0.2, 0) is 6.18 Å². The van der Waals surface area contributed by atoms with Crippen molar-refractivity contribution < 1.29 is 13.2 Å². The van der Waals surface area contributed by atoms with Crippen LogP contribution in [0.3, 0.4) is 0 Å². The van der Waals surface area contributed by atoms with E-state index in [1.54, 1.807) is 12.1 Å². The first-order valence-corrected chi connectivity index (χ1v) is 6.96. The van der Waals surface area contributed by atoms with Crippen molar-refractivity contribution in [3.63, 3.8) is 0 Å². The molecule has 2 atom stereocenters. The molecule has 1 aromatic carbocycles. The van der Waals surface area contributed by atoms with Gasteiger partial charge in [0, 0.05) is 24.8 Å². The van der Waals surface area contributed by atoms with Gasteiger partial charge in [0.15, 0.2) is 0 Å². The van der Waals surface area contributed by atoms with Gasteiger partial charge in [-0.1, -0.05) is 6.92 Å². The van der Waals surface area contributed by atoms with Crippen molar-refractivity contribution in [1.29, 1.82) is 5.26 Å². The Kier molecular flexibility index (Phi) is 4.43. The highest BCUT2D eigenvalue weighted by atomic mass is 19.4. The van der Waals surface area contributed by atoms with Gasteiger partial charge in [-0.15, -0.1) is 0 Å². The van der Waals surface area contributed by atoms with Crippen LogP contribution in [0.5, 0.6) is 0 Å². The monoisotopic (exact) mass is 297 g/mol. The van der Waals surface area contributed by atoms with Crippen LogP contribution in [0.1, 0.15) is 30.9 Å². The third kappa shape index (κ3) is 3.13. The molecule has 1 saturated heterocycles. The summed E-state index contributed by atoms with van der Waals surface area (Å²) < 4.78 is 39.1. The lowest BCUT2D eigenvalue weighted by Crippen LogP contribution is -2.48. The largest absolute Gasteiger partial charge is 0.417 e. The zero-order valence-electron chi connectivity index (χ0n) is 11.8. The average Bonchev–Trinajstić information content (AvgIpc) is 2.45. The molecule has 1 fully saturated rings. The van der Waals surface area contributed by atoms with Crippen molar-refractivity contribution in [1.82, 2.24) is 0 Å². The van der Waals surface area contributed by atoms with Crippen LogP contribution in [0.15, 0.2) is 18.2 Å². The van der Waals surface area contributed by atoms with E-state index in [0.717, 1.165) is 18.9 Å². The van der Waals surface area contributed by atoms with Crippen molar-refractivity contribution in [2.24, 2.45) is 11.7 Å². The van der Waals surface area contributed by atoms with E-state index in [0.29, 0.717) is 24.7 Å². The Morgan fingerprint density at radius 2 is 2.14 bits per heavy atom. The van der Waals surface area contributed by atoms with Crippen LogP contribution < -0.4 is 10.6 Å². The van der Waals surface area contributed by atoms with Gasteiger partial charge in [-0.25, -0.2) is 0 Å². The lowest BCUT2D eigenvalue weighted by atomic mass is 9.90. The Balaban J connectivity index is 2.43. The van der Waals surface area contributed by atoms with Gasteiger partial charge in [-0.05, 0) is 37.0 Å². The summed E-state index contributed by atoms with van der Waals surface area (Å²) in [5.74, 6) is 0.341. The molecule has 1 aromatic rings. The van der Waals surface area contributed by atoms with E-state index in [1.807, 2.05) is 4.90 Å². The Labute approximate surface area is 122 Å². The van der Waals surface area contributed by atoms with E-state index in [-0.39, 0.29) is 11.6 Å². The van der Waals surface area contributed by atoms with Gasteiger partial charge in [0.2, 0.25) is 0 Å². The normalized spacial score (nSPS) is 23.0. The molecule has 0 aromatic heterocycles. The zero-order valence-corrected chi connectivity index (χ0v) is 11.8. The van der Waals surface area contributed by atoms with Crippen molar-refractivity contribution in [3.8, 4) is 6.07 Å². The lowest BCUT2D eigenvalue weighted by molar-refractivity contribution is -0.137. The van der Waals surface area contributed by atoms with E-state index in [9.17, 15) is 13.2 Å². The average molecular weight is 297 g/mol. The molecule has 0 saturated carbocycles. The number of nitrogens with zero attached hydrogens (tertiary/aromatic N) is 2. The van der Waals surface area contributed by atoms with Gasteiger partial charge >= 0.3 is 6.18 Å². The fourth-order valence-electron chi connectivity index (χ4n) is 2.97. The minimum Gasteiger partial charge on any atom is -0.367 e. The smallest absolute Gasteiger partial charge is 0.367 e. The third-order valence-corrected chi connectivity index (χ3v) is 4.12. The molecule has 1 heterocycles. The Hall–Kier alpha value is -1.74. The summed E-state index contributed by atoms with van der Waals surface area (Å²) in [6, 6.07) is 5.53. The van der Waals surface area contributed by atoms with Crippen LogP contribution in [0.4, 0.5) is 18.9 Å². The fourth-order valence-corrected chi connectivity index (χ4v) is 2.97. The number of alkyl halides is 3. The van der Waals surface area contributed by atoms with E-state index < -0.39 is 11.7 Å². The third-order valence-electron chi connectivity index (χ3n) is 4.12. The van der Waals surface area contributed by atoms with Gasteiger partial charge in [-0.3, -0.25) is 0 Å². The second-order valence-electron chi connectivity index (χ2n) is 5.46. The van der Waals surface area contributed by atoms with E-state index in [1.165, 1.54) is 6.07 Å². The first kappa shape index (κ1) is 15.6. The highest BCUT2D eigenvalue weighted by molar-refractivity contribution is 5.55. The predicted molar refractivity (Wildman–Crippen MR) is 74.7 cm³/mol. The highest BCUT2D eigenvalue weighted by Crippen LogP contribution is 2.36. The van der Waals surface area contributed by atoms with Crippen LogP contribution >= 0.6 is 0 Å². The van der Waals surface area contributed by atoms with Gasteiger partial charge in [0.05, 0.1) is 17.2 Å². The molecule has 0 radical (unpaired) electrons. The molecule has 1 aliphatic heterocycles. The molecule has 0 aliphatic carbocycles. The number of benzene rings is 1. The summed E-state index contributed by atoms with van der Waals surface area (Å²) in [6.45, 7) is 3.16. The first-order chi connectivity index (χ1) is 9.88. The van der Waals surface area contributed by atoms with Crippen LogP contribution in [0.2, 0.25) is 0 Å². The second kappa shape index (κ2) is 5.94. The summed E-state index contributed by atoms with van der Waals surface area (Å²) in [5, 5.41) is 8.84. The number of hydrogen-bond donors (Lipinski definition) is 1. The van der Waals surface area contributed by atoms with Crippen LogP contribution in [0.25, 0.3) is 0 Å². The molecule has 0 bridgehead atoms. The summed E-state index contributed by atoms with van der Waals surface area (Å²) in [7, 11) is 0. The molecule has 2 unspecified atom stereocenters. The second-order valence-corrected chi connectivity index (χ2v) is 5.46. The molecule has 2 N–H and O–H groups in total. The molecule has 6 heteroatoms. The van der Waals surface area contributed by atoms with Gasteiger partial charge in [-0.2, -0.15) is 18.4 Å². The van der Waals surface area contributed by atoms with Crippen LogP contribution in [-0.4, -0.2) is 19.1 Å². The predicted octanol–water partition coefficient (Wildman–Crippen LogP) is 3.14. The molecule has 2 rings (SSSR count). The quantitative estimate of drug-likeness (QED) is 0.912. The number of anilines is 1. The minimum absolute atomic E-state index is 0.0350. The number of halogens is 3. The molecule has 1 aliphatic rings. The maximum absolute atomic E-state index is 13.0. The van der Waals surface area contributed by atoms with Gasteiger partial charge in [0.25, 0.3) is 0 Å². The molecule has 0 amide bonds. The SMILES string of the molecule is CC1CCCN(c2ccc(C#N)c(C(F)(F)F)c2)C1CN. The molecule has 0 spiro atoms. The van der Waals surface area contributed by atoms with Gasteiger partial charge in [0.1, 0.15) is 0 Å². The Morgan fingerprint density at radius 1 is 1.43 bits per heavy atom. The lowest BCUT2D eigenvalue weighted by Gasteiger charge is -2.41. The Morgan fingerprint density at radius 3 is 2.71 bits per heavy atom. The summed E-state index contributed by atoms with van der Waals surface area (Å²) in [6.07, 6.45) is -2.57. The number of rotatable bonds is 2. The Bertz CT molecular complexity index is 548. The maximum atomic E-state index is 13.0. The summed E-state index contributed by atoms with van der Waals surface area (Å²) in [5.41, 5.74) is 5.05. The number of hydrogen-bond acceptors (Lipinski definition) is 3. The zero-order chi connectivity index (χ0) is 15.6. The molecule has 21 heavy (non-hydrogen) atoms. The van der Waals surface area contributed by atoms with E-state index in [2.05, 4.69) is 6.92 Å². The van der Waals surface area contributed by atoms with Crippen molar-refractivity contribution in [2.45, 2.75) is 32.0 Å². The summed E-state index contributed by atoms with van der Waals surface area (Å²) in [4.78, 5) is 1.94. The summed E-state index contributed by atoms with van der Waals surface area (Å²) >= 11 is 0. The molecule has 114 valence electrons. The van der Waals surface area contributed by atoms with Crippen molar-refractivity contribution in [2.75, 3.05) is 18.0 Å². The topological polar surface area (TPSA) is 53.0 Å². The number of piperidine rings is 1. The molecular weight excluding hydrogens is 279 g/mol.